The third kappa shape index (κ3) is 1.96. The second-order valence-electron chi connectivity index (χ2n) is 2.26. The molecule has 0 atom stereocenters. The first-order valence-electron chi connectivity index (χ1n) is 3.49. The van der Waals surface area contributed by atoms with Crippen molar-refractivity contribution < 1.29 is 4.79 Å². The second-order valence-corrected chi connectivity index (χ2v) is 3.06. The van der Waals surface area contributed by atoms with E-state index in [4.69, 9.17) is 23.2 Å². The lowest BCUT2D eigenvalue weighted by molar-refractivity contribution is 0.0988. The molecule has 0 aliphatic rings. The molecule has 0 saturated carbocycles. The van der Waals surface area contributed by atoms with Gasteiger partial charge < -0.3 is 0 Å². The Kier molecular flexibility index (Phi) is 3.06. The smallest absolute Gasteiger partial charge is 0.165 e. The molecule has 1 aromatic heterocycles. The summed E-state index contributed by atoms with van der Waals surface area (Å²) in [4.78, 5) is 14.9. The van der Waals surface area contributed by atoms with Gasteiger partial charge in [-0.2, -0.15) is 0 Å². The van der Waals surface area contributed by atoms with E-state index in [9.17, 15) is 4.79 Å². The lowest BCUT2D eigenvalue weighted by Gasteiger charge is -1.99. The first-order valence-corrected chi connectivity index (χ1v) is 4.25. The number of hydrogen-bond donors (Lipinski definition) is 0. The summed E-state index contributed by atoms with van der Waals surface area (Å²) in [5, 5.41) is 0.662. The number of aromatic nitrogens is 1. The van der Waals surface area contributed by atoms with Crippen molar-refractivity contribution in [2.24, 2.45) is 0 Å². The number of Topliss-reactive ketones (excluding diaryl/α,β-unsaturated/α-hetero) is 1. The third-order valence-corrected chi connectivity index (χ3v) is 1.96. The molecule has 1 heterocycles. The summed E-state index contributed by atoms with van der Waals surface area (Å²) >= 11 is 11.3. The van der Waals surface area contributed by atoms with Gasteiger partial charge in [0.15, 0.2) is 5.78 Å². The molecule has 0 bridgehead atoms. The number of ketones is 1. The number of hydrogen-bond acceptors (Lipinski definition) is 2. The number of carbonyl (C=O) groups is 1. The van der Waals surface area contributed by atoms with E-state index < -0.39 is 0 Å². The fraction of sp³-hybridized carbons (Fsp3) is 0.250. The molecule has 0 fully saturated rings. The number of nitrogens with zero attached hydrogens (tertiary/aromatic N) is 1. The molecule has 64 valence electrons. The highest BCUT2D eigenvalue weighted by Gasteiger charge is 2.08. The molecule has 0 unspecified atom stereocenters. The monoisotopic (exact) mass is 203 g/mol. The SMILES string of the molecule is CCC(=O)c1cnc(Cl)cc1Cl. The minimum Gasteiger partial charge on any atom is -0.294 e. The van der Waals surface area contributed by atoms with Crippen LogP contribution in [-0.4, -0.2) is 10.8 Å². The van der Waals surface area contributed by atoms with E-state index in [2.05, 4.69) is 4.98 Å². The normalized spacial score (nSPS) is 9.92. The summed E-state index contributed by atoms with van der Waals surface area (Å²) in [6, 6.07) is 1.46. The average molecular weight is 204 g/mol. The number of halogens is 2. The van der Waals surface area contributed by atoms with Crippen LogP contribution in [-0.2, 0) is 0 Å². The van der Waals surface area contributed by atoms with Gasteiger partial charge in [-0.3, -0.25) is 4.79 Å². The zero-order chi connectivity index (χ0) is 9.14. The minimum absolute atomic E-state index is 0.0239. The van der Waals surface area contributed by atoms with Crippen LogP contribution in [0.4, 0.5) is 0 Å². The lowest BCUT2D eigenvalue weighted by Crippen LogP contribution is -1.98. The summed E-state index contributed by atoms with van der Waals surface area (Å²) in [5.74, 6) is -0.0239. The second kappa shape index (κ2) is 3.87. The Balaban J connectivity index is 3.09. The summed E-state index contributed by atoms with van der Waals surface area (Å²) in [6.45, 7) is 1.77. The predicted molar refractivity (Wildman–Crippen MR) is 48.9 cm³/mol. The Labute approximate surface area is 80.5 Å². The van der Waals surface area contributed by atoms with Crippen molar-refractivity contribution in [1.29, 1.82) is 0 Å². The molecule has 0 aliphatic heterocycles. The van der Waals surface area contributed by atoms with E-state index in [0.29, 0.717) is 22.2 Å². The van der Waals surface area contributed by atoms with Crippen LogP contribution < -0.4 is 0 Å². The van der Waals surface area contributed by atoms with Crippen LogP contribution in [0.15, 0.2) is 12.3 Å². The molecule has 0 aromatic carbocycles. The van der Waals surface area contributed by atoms with Gasteiger partial charge in [-0.1, -0.05) is 30.1 Å². The van der Waals surface area contributed by atoms with Crippen molar-refractivity contribution in [2.75, 3.05) is 0 Å². The molecular formula is C8H7Cl2NO. The Morgan fingerprint density at radius 3 is 2.75 bits per heavy atom. The highest BCUT2D eigenvalue weighted by molar-refractivity contribution is 6.36. The van der Waals surface area contributed by atoms with E-state index in [1.807, 2.05) is 0 Å². The molecule has 1 rings (SSSR count). The molecule has 0 saturated heterocycles. The minimum atomic E-state index is -0.0239. The number of rotatable bonds is 2. The largest absolute Gasteiger partial charge is 0.294 e. The standard InChI is InChI=1S/C8H7Cl2NO/c1-2-7(12)5-4-11-8(10)3-6(5)9/h3-4H,2H2,1H3. The number of carbonyl (C=O) groups excluding carboxylic acids is 1. The molecule has 0 radical (unpaired) electrons. The topological polar surface area (TPSA) is 30.0 Å². The van der Waals surface area contributed by atoms with Crippen molar-refractivity contribution in [3.63, 3.8) is 0 Å². The highest BCUT2D eigenvalue weighted by atomic mass is 35.5. The van der Waals surface area contributed by atoms with Gasteiger partial charge in [-0.25, -0.2) is 4.98 Å². The van der Waals surface area contributed by atoms with E-state index in [1.54, 1.807) is 6.92 Å². The van der Waals surface area contributed by atoms with Gasteiger partial charge in [0, 0.05) is 12.6 Å². The number of pyridine rings is 1. The van der Waals surface area contributed by atoms with E-state index in [1.165, 1.54) is 12.3 Å². The zero-order valence-electron chi connectivity index (χ0n) is 6.47. The molecule has 0 spiro atoms. The fourth-order valence-electron chi connectivity index (χ4n) is 0.803. The van der Waals surface area contributed by atoms with Crippen LogP contribution in [0.1, 0.15) is 23.7 Å². The third-order valence-electron chi connectivity index (χ3n) is 1.44. The molecule has 4 heteroatoms. The van der Waals surface area contributed by atoms with Crippen molar-refractivity contribution >= 4 is 29.0 Å². The van der Waals surface area contributed by atoms with Crippen molar-refractivity contribution in [1.82, 2.24) is 4.98 Å². The van der Waals surface area contributed by atoms with Crippen LogP contribution >= 0.6 is 23.2 Å². The maximum absolute atomic E-state index is 11.2. The Morgan fingerprint density at radius 2 is 2.25 bits per heavy atom. The Bertz CT molecular complexity index is 312. The van der Waals surface area contributed by atoms with Gasteiger partial charge >= 0.3 is 0 Å². The fourth-order valence-corrected chi connectivity index (χ4v) is 1.27. The Hall–Kier alpha value is -0.600. The van der Waals surface area contributed by atoms with E-state index in [-0.39, 0.29) is 5.78 Å². The summed E-state index contributed by atoms with van der Waals surface area (Å²) in [5.41, 5.74) is 0.434. The highest BCUT2D eigenvalue weighted by Crippen LogP contribution is 2.19. The first-order chi connectivity index (χ1) is 5.65. The van der Waals surface area contributed by atoms with Crippen molar-refractivity contribution in [3.8, 4) is 0 Å². The van der Waals surface area contributed by atoms with Crippen LogP contribution in [0, 0.1) is 0 Å². The van der Waals surface area contributed by atoms with E-state index in [0.717, 1.165) is 0 Å². The van der Waals surface area contributed by atoms with E-state index >= 15 is 0 Å². The quantitative estimate of drug-likeness (QED) is 0.547. The van der Waals surface area contributed by atoms with Crippen LogP contribution in [0.3, 0.4) is 0 Å². The molecule has 1 aromatic rings. The van der Waals surface area contributed by atoms with Gasteiger partial charge in [-0.15, -0.1) is 0 Å². The van der Waals surface area contributed by atoms with Gasteiger partial charge in [-0.05, 0) is 6.07 Å². The predicted octanol–water partition coefficient (Wildman–Crippen LogP) is 2.98. The summed E-state index contributed by atoms with van der Waals surface area (Å²) in [7, 11) is 0. The van der Waals surface area contributed by atoms with Crippen LogP contribution in [0.5, 0.6) is 0 Å². The molecule has 12 heavy (non-hydrogen) atoms. The van der Waals surface area contributed by atoms with Gasteiger partial charge in [0.25, 0.3) is 0 Å². The first kappa shape index (κ1) is 9.49. The van der Waals surface area contributed by atoms with Crippen molar-refractivity contribution in [3.05, 3.63) is 28.0 Å². The molecule has 0 aliphatic carbocycles. The van der Waals surface area contributed by atoms with Crippen LogP contribution in [0.2, 0.25) is 10.2 Å². The maximum Gasteiger partial charge on any atom is 0.165 e. The van der Waals surface area contributed by atoms with Gasteiger partial charge in [0.1, 0.15) is 5.15 Å². The maximum atomic E-state index is 11.2. The average Bonchev–Trinajstić information content (AvgIpc) is 2.03. The lowest BCUT2D eigenvalue weighted by atomic mass is 10.1. The summed E-state index contributed by atoms with van der Waals surface area (Å²) in [6.07, 6.45) is 1.82. The molecule has 0 amide bonds. The van der Waals surface area contributed by atoms with Gasteiger partial charge in [0.05, 0.1) is 10.6 Å². The Morgan fingerprint density at radius 1 is 1.58 bits per heavy atom. The molecular weight excluding hydrogens is 197 g/mol. The molecule has 2 nitrogen and oxygen atoms in total. The zero-order valence-corrected chi connectivity index (χ0v) is 7.99. The summed E-state index contributed by atoms with van der Waals surface area (Å²) < 4.78 is 0. The van der Waals surface area contributed by atoms with Crippen molar-refractivity contribution in [2.45, 2.75) is 13.3 Å². The van der Waals surface area contributed by atoms with Crippen LogP contribution in [0.25, 0.3) is 0 Å². The molecule has 0 N–H and O–H groups in total. The van der Waals surface area contributed by atoms with Gasteiger partial charge in [0.2, 0.25) is 0 Å².